The number of nitrogens with zero attached hydrogens (tertiary/aromatic N) is 2. The first-order valence-corrected chi connectivity index (χ1v) is 7.42. The number of amides is 1. The molecule has 0 atom stereocenters. The van der Waals surface area contributed by atoms with Gasteiger partial charge in [0.05, 0.1) is 24.1 Å². The van der Waals surface area contributed by atoms with Crippen molar-refractivity contribution in [2.75, 3.05) is 33.4 Å². The van der Waals surface area contributed by atoms with Crippen molar-refractivity contribution in [3.63, 3.8) is 0 Å². The van der Waals surface area contributed by atoms with Crippen LogP contribution in [0.15, 0.2) is 30.5 Å². The Labute approximate surface area is 146 Å². The first-order chi connectivity index (χ1) is 11.1. The van der Waals surface area contributed by atoms with Gasteiger partial charge in [-0.3, -0.25) is 4.79 Å². The lowest BCUT2D eigenvalue weighted by Gasteiger charge is -2.08. The van der Waals surface area contributed by atoms with E-state index in [1.807, 2.05) is 0 Å². The number of rotatable bonds is 8. The lowest BCUT2D eigenvalue weighted by atomic mass is 10.2. The summed E-state index contributed by atoms with van der Waals surface area (Å²) >= 11 is 0. The monoisotopic (exact) mass is 356 g/mol. The average molecular weight is 357 g/mol. The highest BCUT2D eigenvalue weighted by molar-refractivity contribution is 5.95. The van der Waals surface area contributed by atoms with Crippen LogP contribution >= 0.6 is 12.4 Å². The summed E-state index contributed by atoms with van der Waals surface area (Å²) in [4.78, 5) is 12.2. The number of ether oxygens (including phenoxy) is 1. The van der Waals surface area contributed by atoms with Crippen molar-refractivity contribution in [2.24, 2.45) is 0 Å². The predicted octanol–water partition coefficient (Wildman–Crippen LogP) is 1.71. The number of para-hydroxylation sites is 1. The van der Waals surface area contributed by atoms with Crippen LogP contribution in [0.25, 0.3) is 5.69 Å². The standard InChI is InChI=1S/C16H21FN4O2.ClH/c1-12-13(16(22)19-8-7-18-9-10-23-2)11-20-21(12)15-6-4-3-5-14(15)17;/h3-6,11,18H,7-10H2,1-2H3,(H,19,22);1H. The van der Waals surface area contributed by atoms with E-state index >= 15 is 0 Å². The van der Waals surface area contributed by atoms with Crippen molar-refractivity contribution in [3.05, 3.63) is 47.5 Å². The molecular formula is C16H22ClFN4O2. The summed E-state index contributed by atoms with van der Waals surface area (Å²) < 4.78 is 20.2. The number of carbonyl (C=O) groups is 1. The molecule has 8 heteroatoms. The number of methoxy groups -OCH3 is 1. The Kier molecular flexibility index (Phi) is 8.39. The normalized spacial score (nSPS) is 10.3. The maximum atomic E-state index is 13.8. The molecule has 0 saturated carbocycles. The van der Waals surface area contributed by atoms with E-state index in [1.54, 1.807) is 32.2 Å². The minimum absolute atomic E-state index is 0. The van der Waals surface area contributed by atoms with Gasteiger partial charge >= 0.3 is 0 Å². The molecule has 0 radical (unpaired) electrons. The van der Waals surface area contributed by atoms with Crippen LogP contribution in [0, 0.1) is 12.7 Å². The second kappa shape index (κ2) is 10.0. The fourth-order valence-corrected chi connectivity index (χ4v) is 2.16. The molecule has 1 aromatic carbocycles. The number of halogens is 2. The number of hydrogen-bond donors (Lipinski definition) is 2. The van der Waals surface area contributed by atoms with Crippen LogP contribution in [0.5, 0.6) is 0 Å². The molecule has 24 heavy (non-hydrogen) atoms. The molecule has 2 aromatic rings. The van der Waals surface area contributed by atoms with E-state index in [4.69, 9.17) is 4.74 Å². The summed E-state index contributed by atoms with van der Waals surface area (Å²) in [5, 5.41) is 10.1. The van der Waals surface area contributed by atoms with Crippen LogP contribution in [-0.4, -0.2) is 49.0 Å². The Morgan fingerprint density at radius 3 is 2.75 bits per heavy atom. The Bertz CT molecular complexity index is 663. The molecule has 1 amide bonds. The third-order valence-corrected chi connectivity index (χ3v) is 3.41. The first-order valence-electron chi connectivity index (χ1n) is 7.42. The van der Waals surface area contributed by atoms with Gasteiger partial charge in [-0.25, -0.2) is 9.07 Å². The number of hydrogen-bond acceptors (Lipinski definition) is 4. The van der Waals surface area contributed by atoms with Crippen LogP contribution in [0.1, 0.15) is 16.1 Å². The summed E-state index contributed by atoms with van der Waals surface area (Å²) in [7, 11) is 1.64. The number of aromatic nitrogens is 2. The highest BCUT2D eigenvalue weighted by Crippen LogP contribution is 2.16. The first kappa shape index (κ1) is 20.1. The van der Waals surface area contributed by atoms with Gasteiger partial charge in [0, 0.05) is 26.7 Å². The van der Waals surface area contributed by atoms with Gasteiger partial charge in [0.15, 0.2) is 0 Å². The van der Waals surface area contributed by atoms with Crippen LogP contribution in [-0.2, 0) is 4.74 Å². The Morgan fingerprint density at radius 1 is 1.29 bits per heavy atom. The van der Waals surface area contributed by atoms with E-state index in [0.717, 1.165) is 6.54 Å². The molecule has 0 aliphatic rings. The molecule has 132 valence electrons. The van der Waals surface area contributed by atoms with Gasteiger partial charge < -0.3 is 15.4 Å². The molecule has 0 bridgehead atoms. The molecule has 2 N–H and O–H groups in total. The Balaban J connectivity index is 0.00000288. The van der Waals surface area contributed by atoms with Crippen molar-refractivity contribution in [3.8, 4) is 5.69 Å². The van der Waals surface area contributed by atoms with Gasteiger partial charge in [-0.1, -0.05) is 12.1 Å². The molecule has 2 rings (SSSR count). The third-order valence-electron chi connectivity index (χ3n) is 3.41. The maximum Gasteiger partial charge on any atom is 0.254 e. The molecule has 0 spiro atoms. The van der Waals surface area contributed by atoms with Crippen molar-refractivity contribution in [2.45, 2.75) is 6.92 Å². The fraction of sp³-hybridized carbons (Fsp3) is 0.375. The Morgan fingerprint density at radius 2 is 2.04 bits per heavy atom. The zero-order valence-electron chi connectivity index (χ0n) is 13.7. The second-order valence-corrected chi connectivity index (χ2v) is 5.01. The summed E-state index contributed by atoms with van der Waals surface area (Å²) in [6.07, 6.45) is 1.45. The summed E-state index contributed by atoms with van der Waals surface area (Å²) in [6.45, 7) is 4.24. The van der Waals surface area contributed by atoms with Crippen molar-refractivity contribution < 1.29 is 13.9 Å². The van der Waals surface area contributed by atoms with Gasteiger partial charge in [0.2, 0.25) is 0 Å². The van der Waals surface area contributed by atoms with Gasteiger partial charge in [0.25, 0.3) is 5.91 Å². The highest BCUT2D eigenvalue weighted by Gasteiger charge is 2.16. The van der Waals surface area contributed by atoms with Crippen LogP contribution < -0.4 is 10.6 Å². The third kappa shape index (κ3) is 5.02. The van der Waals surface area contributed by atoms with Crippen molar-refractivity contribution >= 4 is 18.3 Å². The van der Waals surface area contributed by atoms with E-state index < -0.39 is 0 Å². The molecule has 0 aliphatic carbocycles. The van der Waals surface area contributed by atoms with E-state index in [1.165, 1.54) is 16.9 Å². The van der Waals surface area contributed by atoms with Gasteiger partial charge in [-0.15, -0.1) is 12.4 Å². The topological polar surface area (TPSA) is 68.2 Å². The van der Waals surface area contributed by atoms with E-state index in [-0.39, 0.29) is 24.1 Å². The van der Waals surface area contributed by atoms with E-state index in [9.17, 15) is 9.18 Å². The van der Waals surface area contributed by atoms with Gasteiger partial charge in [-0.2, -0.15) is 5.10 Å². The molecule has 0 saturated heterocycles. The van der Waals surface area contributed by atoms with Crippen molar-refractivity contribution in [1.29, 1.82) is 0 Å². The van der Waals surface area contributed by atoms with Gasteiger partial charge in [0.1, 0.15) is 11.5 Å². The zero-order valence-corrected chi connectivity index (χ0v) is 14.5. The fourth-order valence-electron chi connectivity index (χ4n) is 2.16. The zero-order chi connectivity index (χ0) is 16.7. The molecule has 0 fully saturated rings. The summed E-state index contributed by atoms with van der Waals surface area (Å²) in [5.41, 5.74) is 1.36. The van der Waals surface area contributed by atoms with Crippen LogP contribution in [0.4, 0.5) is 4.39 Å². The lowest BCUT2D eigenvalue weighted by molar-refractivity contribution is 0.0953. The van der Waals surface area contributed by atoms with Gasteiger partial charge in [-0.05, 0) is 19.1 Å². The molecule has 1 heterocycles. The quantitative estimate of drug-likeness (QED) is 0.706. The Hall–Kier alpha value is -1.96. The van der Waals surface area contributed by atoms with E-state index in [0.29, 0.717) is 36.6 Å². The van der Waals surface area contributed by atoms with Crippen LogP contribution in [0.3, 0.4) is 0 Å². The molecule has 1 aromatic heterocycles. The second-order valence-electron chi connectivity index (χ2n) is 5.01. The minimum atomic E-state index is -0.381. The molecule has 6 nitrogen and oxygen atoms in total. The SMILES string of the molecule is COCCNCCNC(=O)c1cnn(-c2ccccc2F)c1C.Cl. The molecular weight excluding hydrogens is 335 g/mol. The lowest BCUT2D eigenvalue weighted by Crippen LogP contribution is -2.33. The number of benzene rings is 1. The maximum absolute atomic E-state index is 13.8. The molecule has 0 unspecified atom stereocenters. The number of nitrogens with one attached hydrogen (secondary N) is 2. The smallest absolute Gasteiger partial charge is 0.254 e. The highest BCUT2D eigenvalue weighted by atomic mass is 35.5. The number of carbonyl (C=O) groups excluding carboxylic acids is 1. The van der Waals surface area contributed by atoms with Crippen molar-refractivity contribution in [1.82, 2.24) is 20.4 Å². The predicted molar refractivity (Wildman–Crippen MR) is 92.6 cm³/mol. The summed E-state index contributed by atoms with van der Waals surface area (Å²) in [6, 6.07) is 6.32. The van der Waals surface area contributed by atoms with Crippen LogP contribution in [0.2, 0.25) is 0 Å². The average Bonchev–Trinajstić information content (AvgIpc) is 2.92. The van der Waals surface area contributed by atoms with E-state index in [2.05, 4.69) is 15.7 Å². The summed E-state index contributed by atoms with van der Waals surface area (Å²) in [5.74, 6) is -0.605. The largest absolute Gasteiger partial charge is 0.383 e. The molecule has 0 aliphatic heterocycles. The minimum Gasteiger partial charge on any atom is -0.383 e.